The van der Waals surface area contributed by atoms with Crippen molar-refractivity contribution in [2.24, 2.45) is 5.89 Å². The van der Waals surface area contributed by atoms with Crippen molar-refractivity contribution in [3.8, 4) is 5.75 Å². The maximum absolute atomic E-state index is 14.5. The standard InChI is InChI=1S/C25H34FN3O2/c1-19(2)18-31-24-10-6-20(7-11-24)16-27-25(30)29(23-12-14-28(3)15-13-23)17-21-4-8-22(26)9-5-21/h4-11,19,23H,12-18H2,1-3H3,(H,27,30)/i1D3,2D3,3D3,4D,5D,8D,9D,14D2,15D2,16D2,17D2,18D2,19D. The molecule has 0 spiro atoms. The number of nitrogens with zero attached hydrogens (tertiary/aromatic N) is 2. The average Bonchev–Trinajstić information content (AvgIpc) is 2.94. The summed E-state index contributed by atoms with van der Waals surface area (Å²) in [4.78, 5) is 13.9. The summed E-state index contributed by atoms with van der Waals surface area (Å²) in [5.41, 5.74) is -1.85. The van der Waals surface area contributed by atoms with E-state index < -0.39 is 131 Å². The molecule has 1 saturated heterocycles. The highest BCUT2D eigenvalue weighted by molar-refractivity contribution is 5.74. The molecule has 6 heteroatoms. The van der Waals surface area contributed by atoms with E-state index in [-0.39, 0.29) is 9.80 Å². The fraction of sp³-hybridized carbons (Fsp3) is 0.480. The molecule has 5 nitrogen and oxygen atoms in total. The summed E-state index contributed by atoms with van der Waals surface area (Å²) in [7, 11) is 0. The van der Waals surface area contributed by atoms with E-state index in [2.05, 4.69) is 0 Å². The predicted molar refractivity (Wildman–Crippen MR) is 121 cm³/mol. The Morgan fingerprint density at radius 2 is 2.03 bits per heavy atom. The van der Waals surface area contributed by atoms with Gasteiger partial charge in [-0.25, -0.2) is 9.18 Å². The van der Waals surface area contributed by atoms with Crippen LogP contribution in [-0.2, 0) is 13.0 Å². The van der Waals surface area contributed by atoms with Crippen LogP contribution in [0.2, 0.25) is 0 Å². The number of carbonyl (C=O) groups is 1. The van der Waals surface area contributed by atoms with Crippen LogP contribution in [0.3, 0.4) is 0 Å². The molecule has 31 heavy (non-hydrogen) atoms. The first kappa shape index (κ1) is 7.20. The molecule has 0 aliphatic carbocycles. The molecule has 1 heterocycles. The van der Waals surface area contributed by atoms with Gasteiger partial charge in [-0.3, -0.25) is 0 Å². The van der Waals surface area contributed by atoms with Gasteiger partial charge in [-0.1, -0.05) is 37.9 Å². The first-order valence-electron chi connectivity index (χ1n) is 20.8. The minimum Gasteiger partial charge on any atom is -0.493 e. The lowest BCUT2D eigenvalue weighted by molar-refractivity contribution is 0.127. The van der Waals surface area contributed by atoms with Gasteiger partial charge in [0.25, 0.3) is 0 Å². The van der Waals surface area contributed by atoms with Crippen molar-refractivity contribution in [3.63, 3.8) is 0 Å². The van der Waals surface area contributed by atoms with E-state index in [1.165, 1.54) is 0 Å². The summed E-state index contributed by atoms with van der Waals surface area (Å²) in [6, 6.07) is -6.16. The van der Waals surface area contributed by atoms with Crippen molar-refractivity contribution in [1.29, 1.82) is 0 Å². The third-order valence-electron chi connectivity index (χ3n) is 3.82. The minimum absolute atomic E-state index is 0.0387. The van der Waals surface area contributed by atoms with Crippen LogP contribution in [-0.4, -0.2) is 48.4 Å². The predicted octanol–water partition coefficient (Wildman–Crippen LogP) is 4.67. The maximum Gasteiger partial charge on any atom is 0.318 e. The molecule has 1 fully saturated rings. The largest absolute Gasteiger partial charge is 0.493 e. The quantitative estimate of drug-likeness (QED) is 0.634. The number of carbonyl (C=O) groups excluding carboxylic acids is 1. The van der Waals surface area contributed by atoms with Gasteiger partial charge in [0.15, 0.2) is 0 Å². The molecule has 0 radical (unpaired) electrons. The van der Waals surface area contributed by atoms with Crippen LogP contribution in [0.4, 0.5) is 9.18 Å². The van der Waals surface area contributed by atoms with E-state index in [0.29, 0.717) is 0 Å². The minimum atomic E-state index is -3.83. The third kappa shape index (κ3) is 7.24. The lowest BCUT2D eigenvalue weighted by Crippen LogP contribution is -2.49. The molecule has 1 aliphatic rings. The first-order valence-corrected chi connectivity index (χ1v) is 8.77. The lowest BCUT2D eigenvalue weighted by Gasteiger charge is -2.37. The zero-order valence-electron chi connectivity index (χ0n) is 39.9. The summed E-state index contributed by atoms with van der Waals surface area (Å²) < 4.78 is 212. The van der Waals surface area contributed by atoms with Gasteiger partial charge < -0.3 is 19.9 Å². The molecule has 3 rings (SSSR count). The fourth-order valence-electron chi connectivity index (χ4n) is 2.39. The molecule has 2 aromatic rings. The number of ether oxygens (including phenoxy) is 1. The van der Waals surface area contributed by atoms with Crippen LogP contribution >= 0.6 is 0 Å². The van der Waals surface area contributed by atoms with Gasteiger partial charge in [0.2, 0.25) is 0 Å². The lowest BCUT2D eigenvalue weighted by atomic mass is 10.0. The van der Waals surface area contributed by atoms with Gasteiger partial charge in [-0.15, -0.1) is 0 Å². The number of halogens is 1. The summed E-state index contributed by atoms with van der Waals surface area (Å²) in [6.07, 6.45) is -2.36. The molecule has 2 amide bonds. The number of rotatable bonds is 8. The van der Waals surface area contributed by atoms with Gasteiger partial charge in [0, 0.05) is 38.2 Å². The SMILES string of the molecule is [2H]c1c([2H])c(C([2H])([2H])N(C(=O)NC([2H])([2H])c2ccc(OC([2H])([2H])C([2H])(C([2H])([2H])[2H])C([2H])([2H])[2H])cc2)C2CC([2H])([2H])N(C([2H])([2H])[2H])C([2H])([2H])C2)c([2H])c([2H])c1F. The zero-order valence-corrected chi connectivity index (χ0v) is 15.9. The number of likely N-dealkylation sites (tertiary alicyclic amines) is 1. The topological polar surface area (TPSA) is 44.8 Å². The van der Waals surface area contributed by atoms with Crippen molar-refractivity contribution in [2.75, 3.05) is 26.5 Å². The number of piperidine rings is 1. The molecule has 0 unspecified atom stereocenters. The Morgan fingerprint density at radius 1 is 1.32 bits per heavy atom. The summed E-state index contributed by atoms with van der Waals surface area (Å²) in [6.45, 7) is -27.8. The molecule has 1 aliphatic heterocycles. The Hall–Kier alpha value is -2.60. The number of hydrogen-bond donors (Lipinski definition) is 1. The molecule has 0 bridgehead atoms. The van der Waals surface area contributed by atoms with Crippen molar-refractivity contribution in [2.45, 2.75) is 45.6 Å². The normalized spacial score (nSPS) is 32.7. The Kier molecular flexibility index (Phi) is 2.59. The first-order chi connectivity index (χ1) is 24.3. The second kappa shape index (κ2) is 11.1. The maximum atomic E-state index is 14.5. The third-order valence-corrected chi connectivity index (χ3v) is 3.82. The molecule has 1 N–H and O–H groups in total. The van der Waals surface area contributed by atoms with E-state index in [4.69, 9.17) is 37.6 Å². The van der Waals surface area contributed by atoms with Crippen molar-refractivity contribution in [1.82, 2.24) is 15.1 Å². The average molecular weight is 452 g/mol. The second-order valence-electron chi connectivity index (χ2n) is 6.04. The van der Waals surface area contributed by atoms with Crippen LogP contribution in [0.1, 0.15) is 70.6 Å². The highest BCUT2D eigenvalue weighted by Crippen LogP contribution is 2.19. The van der Waals surface area contributed by atoms with Gasteiger partial charge in [0.05, 0.1) is 20.3 Å². The van der Waals surface area contributed by atoms with Crippen molar-refractivity contribution in [3.05, 3.63) is 65.4 Å². The number of benzene rings is 2. The number of hydrogen-bond acceptors (Lipinski definition) is 3. The summed E-state index contributed by atoms with van der Waals surface area (Å²) >= 11 is 0. The van der Waals surface area contributed by atoms with Gasteiger partial charge in [0.1, 0.15) is 11.6 Å². The fourth-order valence-corrected chi connectivity index (χ4v) is 2.39. The number of urea groups is 1. The van der Waals surface area contributed by atoms with E-state index >= 15 is 0 Å². The second-order valence-corrected chi connectivity index (χ2v) is 6.04. The monoisotopic (exact) mass is 451 g/mol. The van der Waals surface area contributed by atoms with Crippen LogP contribution < -0.4 is 10.1 Å². The van der Waals surface area contributed by atoms with Crippen LogP contribution in [0.15, 0.2) is 48.4 Å². The highest BCUT2D eigenvalue weighted by Gasteiger charge is 2.27. The highest BCUT2D eigenvalue weighted by atomic mass is 19.1. The van der Waals surface area contributed by atoms with Crippen LogP contribution in [0, 0.1) is 11.7 Å². The number of nitrogens with one attached hydrogen (secondary N) is 1. The zero-order chi connectivity index (χ0) is 43.1. The van der Waals surface area contributed by atoms with E-state index in [1.807, 2.05) is 0 Å². The number of amides is 2. The molecule has 0 saturated carbocycles. The summed E-state index contributed by atoms with van der Waals surface area (Å²) in [5, 5.41) is 1.78. The van der Waals surface area contributed by atoms with Crippen LogP contribution in [0.5, 0.6) is 5.75 Å². The van der Waals surface area contributed by atoms with E-state index in [1.54, 1.807) is 5.32 Å². The van der Waals surface area contributed by atoms with E-state index in [9.17, 15) is 9.18 Å². The van der Waals surface area contributed by atoms with Crippen molar-refractivity contribution < 1.29 is 46.8 Å². The Balaban J connectivity index is 2.13. The smallest absolute Gasteiger partial charge is 0.318 e. The Labute approximate surface area is 218 Å². The van der Waals surface area contributed by atoms with Crippen molar-refractivity contribution >= 4 is 6.03 Å². The Morgan fingerprint density at radius 3 is 2.68 bits per heavy atom. The summed E-state index contributed by atoms with van der Waals surface area (Å²) in [5.74, 6) is -6.15. The molecule has 0 aromatic heterocycles. The van der Waals surface area contributed by atoms with Crippen LogP contribution in [0.25, 0.3) is 0 Å². The molecular weight excluding hydrogens is 393 g/mol. The molecule has 168 valence electrons. The van der Waals surface area contributed by atoms with Gasteiger partial charge in [-0.05, 0) is 74.0 Å². The molecular formula is C25H34FN3O2. The molecule has 2 aromatic carbocycles. The van der Waals surface area contributed by atoms with Gasteiger partial charge in [-0.2, -0.15) is 0 Å². The Bertz CT molecular complexity index is 1710. The van der Waals surface area contributed by atoms with Gasteiger partial charge >= 0.3 is 6.03 Å². The molecule has 0 atom stereocenters. The van der Waals surface area contributed by atoms with E-state index in [0.717, 1.165) is 24.3 Å².